The minimum absolute atomic E-state index is 0.111. The third-order valence-electron chi connectivity index (χ3n) is 3.43. The van der Waals surface area contributed by atoms with Crippen LogP contribution in [-0.2, 0) is 13.0 Å². The van der Waals surface area contributed by atoms with Gasteiger partial charge in [0.25, 0.3) is 0 Å². The van der Waals surface area contributed by atoms with Crippen LogP contribution in [0.3, 0.4) is 0 Å². The predicted molar refractivity (Wildman–Crippen MR) is 79.3 cm³/mol. The second-order valence-corrected chi connectivity index (χ2v) is 5.04. The van der Waals surface area contributed by atoms with E-state index in [1.807, 2.05) is 37.4 Å². The standard InChI is InChI=1S/C17H19NO2/c1-18-11-13-5-4-7-15(9-13)19-12-16-10-14-6-2-3-8-17(14)20-16/h2-9,16,18H,10-12H2,1H3. The molecule has 20 heavy (non-hydrogen) atoms. The molecule has 1 heterocycles. The lowest BCUT2D eigenvalue weighted by Gasteiger charge is -2.13. The van der Waals surface area contributed by atoms with E-state index in [9.17, 15) is 0 Å². The van der Waals surface area contributed by atoms with Crippen molar-refractivity contribution in [2.45, 2.75) is 19.1 Å². The van der Waals surface area contributed by atoms with Crippen LogP contribution in [0.4, 0.5) is 0 Å². The van der Waals surface area contributed by atoms with E-state index >= 15 is 0 Å². The number of fused-ring (bicyclic) bond motifs is 1. The van der Waals surface area contributed by atoms with Gasteiger partial charge < -0.3 is 14.8 Å². The van der Waals surface area contributed by atoms with Gasteiger partial charge in [-0.05, 0) is 36.4 Å². The van der Waals surface area contributed by atoms with Crippen molar-refractivity contribution in [1.29, 1.82) is 0 Å². The predicted octanol–water partition coefficient (Wildman–Crippen LogP) is 2.79. The molecular formula is C17H19NO2. The molecule has 1 atom stereocenters. The topological polar surface area (TPSA) is 30.5 Å². The first-order valence-electron chi connectivity index (χ1n) is 6.96. The summed E-state index contributed by atoms with van der Waals surface area (Å²) in [6.45, 7) is 1.43. The van der Waals surface area contributed by atoms with Crippen molar-refractivity contribution in [1.82, 2.24) is 5.32 Å². The molecule has 0 saturated carbocycles. The number of nitrogens with one attached hydrogen (secondary N) is 1. The second-order valence-electron chi connectivity index (χ2n) is 5.04. The molecule has 2 aromatic carbocycles. The van der Waals surface area contributed by atoms with Crippen LogP contribution in [0.15, 0.2) is 48.5 Å². The van der Waals surface area contributed by atoms with Crippen molar-refractivity contribution in [3.8, 4) is 11.5 Å². The Balaban J connectivity index is 1.57. The first kappa shape index (κ1) is 13.0. The van der Waals surface area contributed by atoms with Gasteiger partial charge in [-0.15, -0.1) is 0 Å². The van der Waals surface area contributed by atoms with Crippen LogP contribution in [0.2, 0.25) is 0 Å². The fraction of sp³-hybridized carbons (Fsp3) is 0.294. The maximum Gasteiger partial charge on any atom is 0.137 e. The van der Waals surface area contributed by atoms with Crippen LogP contribution in [0.1, 0.15) is 11.1 Å². The maximum atomic E-state index is 5.87. The van der Waals surface area contributed by atoms with Gasteiger partial charge in [0.2, 0.25) is 0 Å². The summed E-state index contributed by atoms with van der Waals surface area (Å²) >= 11 is 0. The Hall–Kier alpha value is -2.00. The summed E-state index contributed by atoms with van der Waals surface area (Å²) in [5.41, 5.74) is 2.49. The average molecular weight is 269 g/mol. The quantitative estimate of drug-likeness (QED) is 0.905. The third kappa shape index (κ3) is 2.94. The van der Waals surface area contributed by atoms with Gasteiger partial charge in [0.05, 0.1) is 0 Å². The lowest BCUT2D eigenvalue weighted by Crippen LogP contribution is -2.22. The number of rotatable bonds is 5. The monoisotopic (exact) mass is 269 g/mol. The van der Waals surface area contributed by atoms with E-state index in [1.54, 1.807) is 0 Å². The van der Waals surface area contributed by atoms with E-state index in [-0.39, 0.29) is 6.10 Å². The Labute approximate surface area is 119 Å². The average Bonchev–Trinajstić information content (AvgIpc) is 2.89. The van der Waals surface area contributed by atoms with Gasteiger partial charge in [-0.1, -0.05) is 30.3 Å². The summed E-state index contributed by atoms with van der Waals surface area (Å²) in [4.78, 5) is 0. The molecule has 3 rings (SSSR count). The fourth-order valence-electron chi connectivity index (χ4n) is 2.49. The van der Waals surface area contributed by atoms with E-state index in [4.69, 9.17) is 9.47 Å². The molecule has 0 radical (unpaired) electrons. The van der Waals surface area contributed by atoms with Gasteiger partial charge in [-0.3, -0.25) is 0 Å². The van der Waals surface area contributed by atoms with E-state index in [2.05, 4.69) is 23.5 Å². The molecule has 3 heteroatoms. The molecule has 0 aliphatic carbocycles. The molecule has 1 aliphatic heterocycles. The number of benzene rings is 2. The summed E-state index contributed by atoms with van der Waals surface area (Å²) in [5.74, 6) is 1.89. The minimum Gasteiger partial charge on any atom is -0.490 e. The zero-order chi connectivity index (χ0) is 13.8. The normalized spacial score (nSPS) is 16.6. The third-order valence-corrected chi connectivity index (χ3v) is 3.43. The number of ether oxygens (including phenoxy) is 2. The fourth-order valence-corrected chi connectivity index (χ4v) is 2.49. The molecule has 1 N–H and O–H groups in total. The van der Waals surface area contributed by atoms with Crippen molar-refractivity contribution in [2.75, 3.05) is 13.7 Å². The van der Waals surface area contributed by atoms with Crippen molar-refractivity contribution < 1.29 is 9.47 Å². The zero-order valence-corrected chi connectivity index (χ0v) is 11.6. The van der Waals surface area contributed by atoms with Gasteiger partial charge in [0.15, 0.2) is 0 Å². The lowest BCUT2D eigenvalue weighted by atomic mass is 10.1. The van der Waals surface area contributed by atoms with Crippen LogP contribution in [0, 0.1) is 0 Å². The Bertz CT molecular complexity index is 558. The van der Waals surface area contributed by atoms with Crippen molar-refractivity contribution in [3.05, 3.63) is 59.7 Å². The minimum atomic E-state index is 0.111. The summed E-state index contributed by atoms with van der Waals surface area (Å²) in [7, 11) is 1.94. The van der Waals surface area contributed by atoms with Gasteiger partial charge in [-0.25, -0.2) is 0 Å². The molecule has 104 valence electrons. The molecule has 0 fully saturated rings. The van der Waals surface area contributed by atoms with Crippen molar-refractivity contribution >= 4 is 0 Å². The maximum absolute atomic E-state index is 5.87. The Morgan fingerprint density at radius 3 is 2.95 bits per heavy atom. The Morgan fingerprint density at radius 2 is 2.10 bits per heavy atom. The van der Waals surface area contributed by atoms with Gasteiger partial charge in [0, 0.05) is 13.0 Å². The highest BCUT2D eigenvalue weighted by atomic mass is 16.5. The van der Waals surface area contributed by atoms with Crippen LogP contribution in [-0.4, -0.2) is 19.8 Å². The molecule has 0 aromatic heterocycles. The molecule has 1 aliphatic rings. The molecule has 3 nitrogen and oxygen atoms in total. The van der Waals surface area contributed by atoms with Crippen molar-refractivity contribution in [2.24, 2.45) is 0 Å². The molecular weight excluding hydrogens is 250 g/mol. The summed E-state index contributed by atoms with van der Waals surface area (Å²) in [5, 5.41) is 3.14. The lowest BCUT2D eigenvalue weighted by molar-refractivity contribution is 0.148. The highest BCUT2D eigenvalue weighted by Gasteiger charge is 2.22. The highest BCUT2D eigenvalue weighted by molar-refractivity contribution is 5.37. The zero-order valence-electron chi connectivity index (χ0n) is 11.6. The Kier molecular flexibility index (Phi) is 3.88. The first-order chi connectivity index (χ1) is 9.85. The first-order valence-corrected chi connectivity index (χ1v) is 6.96. The number of hydrogen-bond acceptors (Lipinski definition) is 3. The van der Waals surface area contributed by atoms with Crippen molar-refractivity contribution in [3.63, 3.8) is 0 Å². The van der Waals surface area contributed by atoms with Crippen LogP contribution in [0.25, 0.3) is 0 Å². The smallest absolute Gasteiger partial charge is 0.137 e. The molecule has 0 amide bonds. The molecule has 0 bridgehead atoms. The second kappa shape index (κ2) is 5.97. The molecule has 0 spiro atoms. The van der Waals surface area contributed by atoms with E-state index in [0.717, 1.165) is 24.5 Å². The summed E-state index contributed by atoms with van der Waals surface area (Å²) in [6.07, 6.45) is 1.03. The molecule has 0 saturated heterocycles. The van der Waals surface area contributed by atoms with Crippen LogP contribution in [0.5, 0.6) is 11.5 Å². The van der Waals surface area contributed by atoms with Gasteiger partial charge in [-0.2, -0.15) is 0 Å². The van der Waals surface area contributed by atoms with E-state index in [0.29, 0.717) is 6.61 Å². The highest BCUT2D eigenvalue weighted by Crippen LogP contribution is 2.28. The largest absolute Gasteiger partial charge is 0.490 e. The van der Waals surface area contributed by atoms with E-state index < -0.39 is 0 Å². The Morgan fingerprint density at radius 1 is 1.20 bits per heavy atom. The number of para-hydroxylation sites is 1. The SMILES string of the molecule is CNCc1cccc(OCC2Cc3ccccc3O2)c1. The number of hydrogen-bond donors (Lipinski definition) is 1. The van der Waals surface area contributed by atoms with Gasteiger partial charge >= 0.3 is 0 Å². The van der Waals surface area contributed by atoms with E-state index in [1.165, 1.54) is 11.1 Å². The summed E-state index contributed by atoms with van der Waals surface area (Å²) < 4.78 is 11.7. The van der Waals surface area contributed by atoms with Crippen LogP contribution < -0.4 is 14.8 Å². The molecule has 2 aromatic rings. The summed E-state index contributed by atoms with van der Waals surface area (Å²) in [6, 6.07) is 16.3. The van der Waals surface area contributed by atoms with Crippen LogP contribution >= 0.6 is 0 Å². The molecule has 1 unspecified atom stereocenters. The van der Waals surface area contributed by atoms with Gasteiger partial charge in [0.1, 0.15) is 24.2 Å².